The van der Waals surface area contributed by atoms with E-state index >= 15 is 0 Å². The molecular formula is C21H23N7O3. The van der Waals surface area contributed by atoms with E-state index in [2.05, 4.69) is 20.3 Å². The van der Waals surface area contributed by atoms with Crippen LogP contribution in [0, 0.1) is 0 Å². The molecule has 4 rings (SSSR count). The predicted molar refractivity (Wildman–Crippen MR) is 117 cm³/mol. The Hall–Kier alpha value is -4.08. The molecule has 2 amide bonds. The minimum absolute atomic E-state index is 0.141. The van der Waals surface area contributed by atoms with Crippen LogP contribution in [0.1, 0.15) is 10.5 Å². The van der Waals surface area contributed by atoms with Crippen LogP contribution >= 0.6 is 0 Å². The monoisotopic (exact) mass is 421 g/mol. The van der Waals surface area contributed by atoms with Crippen molar-refractivity contribution in [2.24, 2.45) is 7.05 Å². The first-order valence-electron chi connectivity index (χ1n) is 9.80. The molecule has 1 aromatic carbocycles. The Balaban J connectivity index is 1.55. The Kier molecular flexibility index (Phi) is 5.44. The van der Waals surface area contributed by atoms with Gasteiger partial charge in [0.25, 0.3) is 5.91 Å². The molecule has 31 heavy (non-hydrogen) atoms. The van der Waals surface area contributed by atoms with E-state index in [1.807, 2.05) is 24.3 Å². The van der Waals surface area contributed by atoms with Gasteiger partial charge >= 0.3 is 6.09 Å². The minimum Gasteiger partial charge on any atom is -0.465 e. The maximum Gasteiger partial charge on any atom is 0.407 e. The molecule has 3 heterocycles. The van der Waals surface area contributed by atoms with Gasteiger partial charge in [-0.2, -0.15) is 5.10 Å². The lowest BCUT2D eigenvalue weighted by Crippen LogP contribution is -2.48. The highest BCUT2D eigenvalue weighted by Gasteiger charge is 2.21. The van der Waals surface area contributed by atoms with E-state index in [9.17, 15) is 9.59 Å². The van der Waals surface area contributed by atoms with Gasteiger partial charge in [-0.3, -0.25) is 9.48 Å². The number of carboxylic acid groups (broad SMARTS) is 1. The maximum absolute atomic E-state index is 12.7. The van der Waals surface area contributed by atoms with Gasteiger partial charge in [0.15, 0.2) is 5.69 Å². The topological polar surface area (TPSA) is 130 Å². The Bertz CT molecular complexity index is 1120. The molecule has 0 bridgehead atoms. The molecule has 10 nitrogen and oxygen atoms in total. The molecule has 1 fully saturated rings. The molecule has 2 aromatic heterocycles. The Morgan fingerprint density at radius 2 is 1.90 bits per heavy atom. The van der Waals surface area contributed by atoms with E-state index in [0.29, 0.717) is 37.6 Å². The summed E-state index contributed by atoms with van der Waals surface area (Å²) in [6, 6.07) is 11.2. The van der Waals surface area contributed by atoms with Crippen LogP contribution in [0.5, 0.6) is 0 Å². The minimum atomic E-state index is -0.892. The highest BCUT2D eigenvalue weighted by Crippen LogP contribution is 2.26. The number of rotatable bonds is 4. The number of amides is 2. The van der Waals surface area contributed by atoms with Crippen molar-refractivity contribution >= 4 is 29.1 Å². The van der Waals surface area contributed by atoms with Crippen LogP contribution in [-0.4, -0.2) is 63.0 Å². The number of aromatic nitrogens is 3. The lowest BCUT2D eigenvalue weighted by atomic mass is 10.1. The summed E-state index contributed by atoms with van der Waals surface area (Å²) in [4.78, 5) is 31.8. The van der Waals surface area contributed by atoms with Gasteiger partial charge < -0.3 is 26.0 Å². The SMILES string of the molecule is Cn1cc(NC(=O)c2nc(-c3cccc(N4CCN(C(=O)O)CC4)c3)ccc2N)cn1. The first kappa shape index (κ1) is 20.2. The van der Waals surface area contributed by atoms with Crippen LogP contribution in [0.2, 0.25) is 0 Å². The van der Waals surface area contributed by atoms with Crippen molar-refractivity contribution in [2.45, 2.75) is 0 Å². The van der Waals surface area contributed by atoms with Crippen molar-refractivity contribution in [2.75, 3.05) is 42.1 Å². The Morgan fingerprint density at radius 3 is 2.58 bits per heavy atom. The summed E-state index contributed by atoms with van der Waals surface area (Å²) in [5, 5.41) is 15.9. The van der Waals surface area contributed by atoms with Crippen LogP contribution < -0.4 is 16.0 Å². The summed E-state index contributed by atoms with van der Waals surface area (Å²) in [7, 11) is 1.76. The molecule has 1 aliphatic heterocycles. The molecule has 3 aromatic rings. The van der Waals surface area contributed by atoms with E-state index in [4.69, 9.17) is 10.8 Å². The second kappa shape index (κ2) is 8.34. The van der Waals surface area contributed by atoms with E-state index in [1.54, 1.807) is 36.3 Å². The number of nitrogens with zero attached hydrogens (tertiary/aromatic N) is 5. The van der Waals surface area contributed by atoms with Gasteiger partial charge in [-0.1, -0.05) is 12.1 Å². The van der Waals surface area contributed by atoms with Crippen LogP contribution in [0.3, 0.4) is 0 Å². The summed E-state index contributed by atoms with van der Waals surface area (Å²) >= 11 is 0. The number of aryl methyl sites for hydroxylation is 1. The zero-order valence-corrected chi connectivity index (χ0v) is 17.0. The second-order valence-electron chi connectivity index (χ2n) is 7.30. The van der Waals surface area contributed by atoms with Crippen molar-refractivity contribution in [1.29, 1.82) is 0 Å². The van der Waals surface area contributed by atoms with Crippen molar-refractivity contribution in [1.82, 2.24) is 19.7 Å². The van der Waals surface area contributed by atoms with Gasteiger partial charge in [0, 0.05) is 50.7 Å². The van der Waals surface area contributed by atoms with Crippen LogP contribution in [-0.2, 0) is 7.05 Å². The number of hydrogen-bond donors (Lipinski definition) is 3. The van der Waals surface area contributed by atoms with Gasteiger partial charge in [-0.05, 0) is 24.3 Å². The highest BCUT2D eigenvalue weighted by molar-refractivity contribution is 6.06. The lowest BCUT2D eigenvalue weighted by molar-refractivity contribution is 0.102. The molecule has 4 N–H and O–H groups in total. The molecule has 0 radical (unpaired) electrons. The number of benzene rings is 1. The van der Waals surface area contributed by atoms with Crippen molar-refractivity contribution < 1.29 is 14.7 Å². The number of pyridine rings is 1. The van der Waals surface area contributed by atoms with Crippen LogP contribution in [0.15, 0.2) is 48.8 Å². The van der Waals surface area contributed by atoms with Gasteiger partial charge in [-0.25, -0.2) is 9.78 Å². The van der Waals surface area contributed by atoms with Gasteiger partial charge in [0.05, 0.1) is 23.3 Å². The largest absolute Gasteiger partial charge is 0.465 e. The zero-order valence-electron chi connectivity index (χ0n) is 17.0. The first-order valence-corrected chi connectivity index (χ1v) is 9.80. The predicted octanol–water partition coefficient (Wildman–Crippen LogP) is 2.12. The van der Waals surface area contributed by atoms with E-state index in [0.717, 1.165) is 11.3 Å². The van der Waals surface area contributed by atoms with Gasteiger partial charge in [0.2, 0.25) is 0 Å². The molecular weight excluding hydrogens is 398 g/mol. The van der Waals surface area contributed by atoms with Crippen molar-refractivity contribution in [3.05, 3.63) is 54.5 Å². The molecule has 160 valence electrons. The fourth-order valence-corrected chi connectivity index (χ4v) is 3.51. The van der Waals surface area contributed by atoms with Crippen molar-refractivity contribution in [3.63, 3.8) is 0 Å². The number of nitrogen functional groups attached to an aromatic ring is 1. The maximum atomic E-state index is 12.7. The molecule has 0 aliphatic carbocycles. The highest BCUT2D eigenvalue weighted by atomic mass is 16.4. The number of nitrogens with two attached hydrogens (primary N) is 1. The third-order valence-electron chi connectivity index (χ3n) is 5.16. The summed E-state index contributed by atoms with van der Waals surface area (Å²) in [6.07, 6.45) is 2.34. The van der Waals surface area contributed by atoms with E-state index < -0.39 is 12.0 Å². The fourth-order valence-electron chi connectivity index (χ4n) is 3.51. The quantitative estimate of drug-likeness (QED) is 0.588. The average molecular weight is 421 g/mol. The Labute approximate surface area is 178 Å². The first-order chi connectivity index (χ1) is 14.9. The number of nitrogens with one attached hydrogen (secondary N) is 1. The normalized spacial score (nSPS) is 13.8. The number of anilines is 3. The second-order valence-corrected chi connectivity index (χ2v) is 7.30. The molecule has 0 atom stereocenters. The number of carbonyl (C=O) groups excluding carboxylic acids is 1. The molecule has 1 saturated heterocycles. The smallest absolute Gasteiger partial charge is 0.407 e. The molecule has 1 aliphatic rings. The van der Waals surface area contributed by atoms with Gasteiger partial charge in [0.1, 0.15) is 0 Å². The molecule has 0 saturated carbocycles. The lowest BCUT2D eigenvalue weighted by Gasteiger charge is -2.34. The van der Waals surface area contributed by atoms with Crippen molar-refractivity contribution in [3.8, 4) is 11.3 Å². The average Bonchev–Trinajstić information content (AvgIpc) is 3.18. The van der Waals surface area contributed by atoms with Crippen LogP contribution in [0.4, 0.5) is 21.9 Å². The Morgan fingerprint density at radius 1 is 1.13 bits per heavy atom. The summed E-state index contributed by atoms with van der Waals surface area (Å²) in [5.74, 6) is -0.409. The summed E-state index contributed by atoms with van der Waals surface area (Å²) in [6.45, 7) is 2.14. The number of piperazine rings is 1. The summed E-state index contributed by atoms with van der Waals surface area (Å²) < 4.78 is 1.59. The fraction of sp³-hybridized carbons (Fsp3) is 0.238. The zero-order chi connectivity index (χ0) is 22.0. The van der Waals surface area contributed by atoms with Crippen LogP contribution in [0.25, 0.3) is 11.3 Å². The van der Waals surface area contributed by atoms with Gasteiger partial charge in [-0.15, -0.1) is 0 Å². The van der Waals surface area contributed by atoms with E-state index in [-0.39, 0.29) is 11.4 Å². The third-order valence-corrected chi connectivity index (χ3v) is 5.16. The number of hydrogen-bond acceptors (Lipinski definition) is 6. The molecule has 0 unspecified atom stereocenters. The standard InChI is InChI=1S/C21H23N7O3/c1-26-13-15(12-23-26)24-20(29)19-17(22)5-6-18(25-19)14-3-2-4-16(11-14)27-7-9-28(10-8-27)21(30)31/h2-6,11-13H,7-10,22H2,1H3,(H,24,29)(H,30,31). The van der Waals surface area contributed by atoms with E-state index in [1.165, 1.54) is 4.90 Å². The molecule has 10 heteroatoms. The third kappa shape index (κ3) is 4.42. The number of carbonyl (C=O) groups is 2. The molecule has 0 spiro atoms. The summed E-state index contributed by atoms with van der Waals surface area (Å²) in [5.41, 5.74) is 9.43.